The number of amides is 2. The molecule has 1 aliphatic heterocycles. The normalized spacial score (nSPS) is 26.6. The molecule has 1 atom stereocenters. The lowest BCUT2D eigenvalue weighted by atomic mass is 9.91. The summed E-state index contributed by atoms with van der Waals surface area (Å²) in [5.74, 6) is 0.266. The van der Waals surface area contributed by atoms with Gasteiger partial charge in [0, 0.05) is 18.9 Å². The van der Waals surface area contributed by atoms with Crippen LogP contribution in [0.25, 0.3) is 0 Å². The monoisotopic (exact) mass is 273 g/mol. The number of carbonyl (C=O) groups excluding carboxylic acids is 2. The van der Waals surface area contributed by atoms with Gasteiger partial charge in [0.1, 0.15) is 5.54 Å². The molecule has 5 heteroatoms. The molecule has 1 aliphatic carbocycles. The summed E-state index contributed by atoms with van der Waals surface area (Å²) < 4.78 is 0. The van der Waals surface area contributed by atoms with Crippen molar-refractivity contribution in [2.24, 2.45) is 5.92 Å². The summed E-state index contributed by atoms with van der Waals surface area (Å²) >= 11 is 0. The van der Waals surface area contributed by atoms with E-state index in [2.05, 4.69) is 10.3 Å². The molecule has 0 bridgehead atoms. The minimum atomic E-state index is -0.712. The molecule has 2 amide bonds. The van der Waals surface area contributed by atoms with Crippen molar-refractivity contribution in [3.63, 3.8) is 0 Å². The van der Waals surface area contributed by atoms with Crippen LogP contribution in [0.5, 0.6) is 0 Å². The zero-order chi connectivity index (χ0) is 14.3. The number of nitrogens with zero attached hydrogens (tertiary/aromatic N) is 2. The van der Waals surface area contributed by atoms with Crippen LogP contribution < -0.4 is 5.32 Å². The highest BCUT2D eigenvalue weighted by atomic mass is 16.2. The fraction of sp³-hybridized carbons (Fsp3) is 0.533. The first-order valence-electron chi connectivity index (χ1n) is 7.00. The third-order valence-electron chi connectivity index (χ3n) is 4.36. The van der Waals surface area contributed by atoms with Crippen molar-refractivity contribution >= 4 is 11.8 Å². The minimum absolute atomic E-state index is 0.0378. The number of pyridine rings is 1. The smallest absolute Gasteiger partial charge is 0.249 e. The van der Waals surface area contributed by atoms with Gasteiger partial charge in [0.25, 0.3) is 0 Å². The summed E-state index contributed by atoms with van der Waals surface area (Å²) in [4.78, 5) is 30.3. The van der Waals surface area contributed by atoms with Gasteiger partial charge in [0.15, 0.2) is 0 Å². The summed E-state index contributed by atoms with van der Waals surface area (Å²) in [5.41, 5.74) is 1.37. The fourth-order valence-corrected chi connectivity index (χ4v) is 2.91. The van der Waals surface area contributed by atoms with Crippen molar-refractivity contribution < 1.29 is 9.59 Å². The van der Waals surface area contributed by atoms with Crippen LogP contribution in [0.15, 0.2) is 18.5 Å². The Morgan fingerprint density at radius 1 is 1.45 bits per heavy atom. The van der Waals surface area contributed by atoms with Crippen molar-refractivity contribution in [1.82, 2.24) is 15.2 Å². The number of hydrogen-bond acceptors (Lipinski definition) is 3. The van der Waals surface area contributed by atoms with E-state index >= 15 is 0 Å². The second-order valence-electron chi connectivity index (χ2n) is 5.99. The molecule has 1 N–H and O–H groups in total. The summed E-state index contributed by atoms with van der Waals surface area (Å²) in [5, 5.41) is 2.89. The highest BCUT2D eigenvalue weighted by Gasteiger charge is 2.52. The molecule has 0 spiro atoms. The molecule has 1 aromatic rings. The summed E-state index contributed by atoms with van der Waals surface area (Å²) in [6.45, 7) is 4.44. The van der Waals surface area contributed by atoms with Gasteiger partial charge in [0.2, 0.25) is 11.8 Å². The molecule has 20 heavy (non-hydrogen) atoms. The largest absolute Gasteiger partial charge is 0.340 e. The van der Waals surface area contributed by atoms with Crippen LogP contribution in [0.1, 0.15) is 30.9 Å². The standard InChI is InChI=1S/C15H19N3O2/c1-10-7-16-6-5-11(10)8-18-9-13(19)17-15(2,14(18)20)12-3-4-12/h5-7,12H,3-4,8-9H2,1-2H3,(H,17,19). The van der Waals surface area contributed by atoms with Crippen molar-refractivity contribution in [2.45, 2.75) is 38.8 Å². The lowest BCUT2D eigenvalue weighted by Gasteiger charge is -2.40. The second kappa shape index (κ2) is 4.58. The molecular weight excluding hydrogens is 254 g/mol. The first-order chi connectivity index (χ1) is 9.50. The molecule has 1 saturated heterocycles. The maximum atomic E-state index is 12.7. The predicted molar refractivity (Wildman–Crippen MR) is 73.7 cm³/mol. The van der Waals surface area contributed by atoms with Gasteiger partial charge in [-0.25, -0.2) is 0 Å². The number of aromatic nitrogens is 1. The molecule has 0 aromatic carbocycles. The highest BCUT2D eigenvalue weighted by Crippen LogP contribution is 2.41. The number of nitrogens with one attached hydrogen (secondary N) is 1. The van der Waals surface area contributed by atoms with Gasteiger partial charge in [-0.15, -0.1) is 0 Å². The molecule has 1 aromatic heterocycles. The number of rotatable bonds is 3. The van der Waals surface area contributed by atoms with Gasteiger partial charge < -0.3 is 10.2 Å². The zero-order valence-corrected chi connectivity index (χ0v) is 11.8. The van der Waals surface area contributed by atoms with E-state index in [4.69, 9.17) is 0 Å². The van der Waals surface area contributed by atoms with Crippen LogP contribution in [0, 0.1) is 12.8 Å². The number of hydrogen-bond donors (Lipinski definition) is 1. The van der Waals surface area contributed by atoms with E-state index in [0.29, 0.717) is 12.5 Å². The van der Waals surface area contributed by atoms with Gasteiger partial charge >= 0.3 is 0 Å². The van der Waals surface area contributed by atoms with Crippen LogP contribution in [0.2, 0.25) is 0 Å². The van der Waals surface area contributed by atoms with Crippen LogP contribution in [0.4, 0.5) is 0 Å². The quantitative estimate of drug-likeness (QED) is 0.894. The summed E-state index contributed by atoms with van der Waals surface area (Å²) in [6.07, 6.45) is 5.54. The molecule has 3 rings (SSSR count). The van der Waals surface area contributed by atoms with Crippen molar-refractivity contribution in [3.05, 3.63) is 29.6 Å². The Morgan fingerprint density at radius 3 is 2.85 bits per heavy atom. The minimum Gasteiger partial charge on any atom is -0.340 e. The van der Waals surface area contributed by atoms with Gasteiger partial charge in [-0.2, -0.15) is 0 Å². The molecule has 2 heterocycles. The van der Waals surface area contributed by atoms with Crippen LogP contribution in [-0.2, 0) is 16.1 Å². The SMILES string of the molecule is Cc1cnccc1CN1CC(=O)NC(C)(C2CC2)C1=O. The van der Waals surface area contributed by atoms with Gasteiger partial charge in [-0.05, 0) is 49.8 Å². The number of carbonyl (C=O) groups is 2. The predicted octanol–water partition coefficient (Wildman–Crippen LogP) is 1.02. The lowest BCUT2D eigenvalue weighted by Crippen LogP contribution is -2.66. The third kappa shape index (κ3) is 2.17. The van der Waals surface area contributed by atoms with Gasteiger partial charge in [-0.3, -0.25) is 14.6 Å². The maximum Gasteiger partial charge on any atom is 0.249 e. The first-order valence-corrected chi connectivity index (χ1v) is 7.00. The van der Waals surface area contributed by atoms with Crippen LogP contribution in [-0.4, -0.2) is 33.8 Å². The lowest BCUT2D eigenvalue weighted by molar-refractivity contribution is -0.150. The fourth-order valence-electron chi connectivity index (χ4n) is 2.91. The van der Waals surface area contributed by atoms with Crippen LogP contribution in [0.3, 0.4) is 0 Å². The van der Waals surface area contributed by atoms with Crippen LogP contribution >= 0.6 is 0 Å². The topological polar surface area (TPSA) is 62.3 Å². The molecule has 106 valence electrons. The Labute approximate surface area is 118 Å². The van der Waals surface area contributed by atoms with E-state index in [-0.39, 0.29) is 18.4 Å². The van der Waals surface area contributed by atoms with Crippen molar-refractivity contribution in [2.75, 3.05) is 6.54 Å². The molecule has 2 fully saturated rings. The average molecular weight is 273 g/mol. The van der Waals surface area contributed by atoms with E-state index < -0.39 is 5.54 Å². The van der Waals surface area contributed by atoms with E-state index in [0.717, 1.165) is 24.0 Å². The highest BCUT2D eigenvalue weighted by molar-refractivity contribution is 5.98. The molecule has 2 aliphatic rings. The Morgan fingerprint density at radius 2 is 2.20 bits per heavy atom. The molecule has 0 radical (unpaired) electrons. The van der Waals surface area contributed by atoms with E-state index in [1.54, 1.807) is 17.3 Å². The van der Waals surface area contributed by atoms with E-state index in [1.165, 1.54) is 0 Å². The Bertz CT molecular complexity index is 568. The van der Waals surface area contributed by atoms with Gasteiger partial charge in [-0.1, -0.05) is 0 Å². The van der Waals surface area contributed by atoms with E-state index in [9.17, 15) is 9.59 Å². The average Bonchev–Trinajstić information content (AvgIpc) is 3.22. The second-order valence-corrected chi connectivity index (χ2v) is 5.99. The number of piperazine rings is 1. The van der Waals surface area contributed by atoms with Crippen molar-refractivity contribution in [3.8, 4) is 0 Å². The van der Waals surface area contributed by atoms with Gasteiger partial charge in [0.05, 0.1) is 6.54 Å². The first kappa shape index (κ1) is 13.1. The Balaban J connectivity index is 1.84. The molecular formula is C15H19N3O2. The Kier molecular flexibility index (Phi) is 3.00. The third-order valence-corrected chi connectivity index (χ3v) is 4.36. The summed E-state index contributed by atoms with van der Waals surface area (Å²) in [7, 11) is 0. The molecule has 5 nitrogen and oxygen atoms in total. The number of aryl methyl sites for hydroxylation is 1. The van der Waals surface area contributed by atoms with Crippen molar-refractivity contribution in [1.29, 1.82) is 0 Å². The maximum absolute atomic E-state index is 12.7. The summed E-state index contributed by atoms with van der Waals surface area (Å²) in [6, 6.07) is 1.91. The Hall–Kier alpha value is -1.91. The zero-order valence-electron chi connectivity index (χ0n) is 11.8. The molecule has 1 saturated carbocycles. The van der Waals surface area contributed by atoms with E-state index in [1.807, 2.05) is 19.9 Å². The molecule has 1 unspecified atom stereocenters.